The molecule has 2 rings (SSSR count). The van der Waals surface area contributed by atoms with Gasteiger partial charge in [-0.05, 0) is 25.1 Å². The van der Waals surface area contributed by atoms with Crippen LogP contribution in [0.4, 0.5) is 5.69 Å². The maximum Gasteiger partial charge on any atom is 0.344 e. The highest BCUT2D eigenvalue weighted by molar-refractivity contribution is 7.95. The van der Waals surface area contributed by atoms with Gasteiger partial charge in [0.2, 0.25) is 0 Å². The Morgan fingerprint density at radius 3 is 2.03 bits per heavy atom. The third kappa shape index (κ3) is 6.20. The van der Waals surface area contributed by atoms with Crippen LogP contribution in [0, 0.1) is 0 Å². The number of carboxylic acid groups (broad SMARTS) is 1. The Hall–Kier alpha value is -3.60. The van der Waals surface area contributed by atoms with Crippen molar-refractivity contribution >= 4 is 27.8 Å². The second-order valence-corrected chi connectivity index (χ2v) is 7.93. The summed E-state index contributed by atoms with van der Waals surface area (Å²) in [6, 6.07) is 7.44. The summed E-state index contributed by atoms with van der Waals surface area (Å²) in [6.45, 7) is 1.34. The predicted molar refractivity (Wildman–Crippen MR) is 118 cm³/mol. The molecule has 0 bridgehead atoms. The van der Waals surface area contributed by atoms with Gasteiger partial charge in [0.25, 0.3) is 10.0 Å². The molecule has 0 heterocycles. The van der Waals surface area contributed by atoms with Crippen molar-refractivity contribution in [1.29, 1.82) is 0 Å². The van der Waals surface area contributed by atoms with Crippen molar-refractivity contribution in [3.8, 4) is 28.7 Å². The largest absolute Gasteiger partial charge is 0.496 e. The van der Waals surface area contributed by atoms with Crippen molar-refractivity contribution in [3.05, 3.63) is 41.3 Å². The third-order valence-electron chi connectivity index (χ3n) is 4.24. The van der Waals surface area contributed by atoms with E-state index in [-0.39, 0.29) is 17.2 Å². The lowest BCUT2D eigenvalue weighted by Gasteiger charge is -2.15. The molecule has 0 saturated heterocycles. The number of hydrogen-bond acceptors (Lipinski definition) is 8. The first-order valence-electron chi connectivity index (χ1n) is 9.22. The molecule has 10 nitrogen and oxygen atoms in total. The van der Waals surface area contributed by atoms with Crippen LogP contribution in [0.3, 0.4) is 0 Å². The topological polar surface area (TPSA) is 130 Å². The van der Waals surface area contributed by atoms with E-state index in [4.69, 9.17) is 28.8 Å². The number of carboxylic acids is 1. The minimum Gasteiger partial charge on any atom is -0.496 e. The first-order chi connectivity index (χ1) is 15.1. The summed E-state index contributed by atoms with van der Waals surface area (Å²) in [7, 11) is 1.79. The van der Waals surface area contributed by atoms with Gasteiger partial charge in [-0.2, -0.15) is 0 Å². The highest BCUT2D eigenvalue weighted by atomic mass is 32.2. The van der Waals surface area contributed by atoms with E-state index in [1.54, 1.807) is 12.1 Å². The van der Waals surface area contributed by atoms with Crippen LogP contribution in [-0.2, 0) is 14.8 Å². The van der Waals surface area contributed by atoms with Gasteiger partial charge in [0, 0.05) is 18.2 Å². The Kier molecular flexibility index (Phi) is 8.19. The molecule has 174 valence electrons. The molecule has 0 aliphatic rings. The minimum atomic E-state index is -3.97. The summed E-state index contributed by atoms with van der Waals surface area (Å²) >= 11 is 0. The molecule has 0 aromatic heterocycles. The van der Waals surface area contributed by atoms with Crippen molar-refractivity contribution in [1.82, 2.24) is 0 Å². The van der Waals surface area contributed by atoms with Crippen molar-refractivity contribution in [2.45, 2.75) is 13.0 Å². The van der Waals surface area contributed by atoms with Gasteiger partial charge in [-0.3, -0.25) is 4.72 Å². The van der Waals surface area contributed by atoms with Crippen LogP contribution in [0.25, 0.3) is 6.08 Å². The Balaban J connectivity index is 2.33. The van der Waals surface area contributed by atoms with Crippen molar-refractivity contribution in [2.24, 2.45) is 0 Å². The Morgan fingerprint density at radius 2 is 1.53 bits per heavy atom. The third-order valence-corrected chi connectivity index (χ3v) is 5.26. The van der Waals surface area contributed by atoms with Crippen molar-refractivity contribution in [2.75, 3.05) is 33.2 Å². The molecule has 11 heteroatoms. The van der Waals surface area contributed by atoms with E-state index in [0.717, 1.165) is 5.41 Å². The summed E-state index contributed by atoms with van der Waals surface area (Å²) in [5.41, 5.74) is 0.548. The standard InChI is InChI=1S/C21H25NO9S/c1-13(21(23)24)31-20-10-14(6-7-17(20)28-3)22-32(25,26)9-8-16-18(29-4)11-15(27-2)12-19(16)30-5/h6-13,22H,1-5H3,(H,23,24). The van der Waals surface area contributed by atoms with Crippen molar-refractivity contribution in [3.63, 3.8) is 0 Å². The Labute approximate surface area is 186 Å². The van der Waals surface area contributed by atoms with E-state index in [1.807, 2.05) is 0 Å². The number of nitrogens with one attached hydrogen (secondary N) is 1. The van der Waals surface area contributed by atoms with Crippen LogP contribution in [0.2, 0.25) is 0 Å². The first-order valence-corrected chi connectivity index (χ1v) is 10.8. The molecule has 2 aromatic rings. The quantitative estimate of drug-likeness (QED) is 0.512. The number of benzene rings is 2. The second kappa shape index (κ2) is 10.6. The van der Waals surface area contributed by atoms with Crippen LogP contribution in [0.15, 0.2) is 35.7 Å². The van der Waals surface area contributed by atoms with E-state index in [1.165, 1.54) is 59.6 Å². The molecule has 0 fully saturated rings. The summed E-state index contributed by atoms with van der Waals surface area (Å²) < 4.78 is 53.9. The van der Waals surface area contributed by atoms with Crippen LogP contribution in [0.5, 0.6) is 28.7 Å². The van der Waals surface area contributed by atoms with Crippen LogP contribution >= 0.6 is 0 Å². The monoisotopic (exact) mass is 467 g/mol. The average Bonchev–Trinajstić information content (AvgIpc) is 2.76. The van der Waals surface area contributed by atoms with Crippen LogP contribution in [-0.4, -0.2) is 54.0 Å². The van der Waals surface area contributed by atoms with Gasteiger partial charge in [0.1, 0.15) is 17.2 Å². The van der Waals surface area contributed by atoms with Crippen molar-refractivity contribution < 1.29 is 42.0 Å². The molecule has 1 unspecified atom stereocenters. The normalized spacial score (nSPS) is 12.2. The van der Waals surface area contributed by atoms with Gasteiger partial charge in [0.15, 0.2) is 17.6 Å². The van der Waals surface area contributed by atoms with Gasteiger partial charge in [0.05, 0.1) is 45.1 Å². The van der Waals surface area contributed by atoms with Gasteiger partial charge < -0.3 is 28.8 Å². The molecule has 0 aliphatic heterocycles. The van der Waals surface area contributed by atoms with E-state index in [2.05, 4.69) is 4.72 Å². The smallest absolute Gasteiger partial charge is 0.344 e. The lowest BCUT2D eigenvalue weighted by Crippen LogP contribution is -2.23. The second-order valence-electron chi connectivity index (χ2n) is 6.36. The number of anilines is 1. The zero-order chi connectivity index (χ0) is 23.9. The maximum atomic E-state index is 12.6. The number of methoxy groups -OCH3 is 4. The predicted octanol–water partition coefficient (Wildman–Crippen LogP) is 2.99. The summed E-state index contributed by atoms with van der Waals surface area (Å²) in [5.74, 6) is 0.349. The zero-order valence-corrected chi connectivity index (χ0v) is 19.1. The molecule has 1 atom stereocenters. The fourth-order valence-corrected chi connectivity index (χ4v) is 3.46. The first kappa shape index (κ1) is 24.7. The minimum absolute atomic E-state index is 0.0741. The highest BCUT2D eigenvalue weighted by Crippen LogP contribution is 2.35. The van der Waals surface area contributed by atoms with Crippen LogP contribution < -0.4 is 28.4 Å². The number of rotatable bonds is 11. The Bertz CT molecular complexity index is 1070. The molecule has 0 aliphatic carbocycles. The maximum absolute atomic E-state index is 12.6. The average molecular weight is 467 g/mol. The molecule has 32 heavy (non-hydrogen) atoms. The molecule has 0 amide bonds. The summed E-state index contributed by atoms with van der Waals surface area (Å²) in [5, 5.41) is 9.99. The van der Waals surface area contributed by atoms with Crippen LogP contribution in [0.1, 0.15) is 12.5 Å². The van der Waals surface area contributed by atoms with E-state index < -0.39 is 22.1 Å². The lowest BCUT2D eigenvalue weighted by atomic mass is 10.1. The number of aliphatic carboxylic acids is 1. The van der Waals surface area contributed by atoms with E-state index >= 15 is 0 Å². The fraction of sp³-hybridized carbons (Fsp3) is 0.286. The molecule has 0 spiro atoms. The molecule has 2 N–H and O–H groups in total. The SMILES string of the molecule is COc1cc(OC)c(C=CS(=O)(=O)Nc2ccc(OC)c(OC(C)C(=O)O)c2)c(OC)c1. The van der Waals surface area contributed by atoms with E-state index in [9.17, 15) is 13.2 Å². The van der Waals surface area contributed by atoms with Gasteiger partial charge in [-0.15, -0.1) is 0 Å². The van der Waals surface area contributed by atoms with E-state index in [0.29, 0.717) is 22.8 Å². The molecule has 2 aromatic carbocycles. The number of hydrogen-bond donors (Lipinski definition) is 2. The number of sulfonamides is 1. The van der Waals surface area contributed by atoms with Gasteiger partial charge >= 0.3 is 5.97 Å². The van der Waals surface area contributed by atoms with Gasteiger partial charge in [-0.1, -0.05) is 0 Å². The molecular formula is C21H25NO9S. The molecular weight excluding hydrogens is 442 g/mol. The summed E-state index contributed by atoms with van der Waals surface area (Å²) in [6.07, 6.45) is 0.165. The summed E-state index contributed by atoms with van der Waals surface area (Å²) in [4.78, 5) is 11.1. The number of carbonyl (C=O) groups is 1. The highest BCUT2D eigenvalue weighted by Gasteiger charge is 2.17. The number of ether oxygens (including phenoxy) is 5. The zero-order valence-electron chi connectivity index (χ0n) is 18.2. The molecule has 0 saturated carbocycles. The fourth-order valence-electron chi connectivity index (χ4n) is 2.63. The lowest BCUT2D eigenvalue weighted by molar-refractivity contribution is -0.144. The molecule has 0 radical (unpaired) electrons. The van der Waals surface area contributed by atoms with Gasteiger partial charge in [-0.25, -0.2) is 13.2 Å². The Morgan fingerprint density at radius 1 is 0.938 bits per heavy atom.